The molecule has 0 N–H and O–H groups in total. The fourth-order valence-electron chi connectivity index (χ4n) is 1.89. The van der Waals surface area contributed by atoms with Gasteiger partial charge in [0.15, 0.2) is 0 Å². The molecule has 0 aromatic heterocycles. The van der Waals surface area contributed by atoms with Gasteiger partial charge in [-0.05, 0) is 12.8 Å². The Bertz CT molecular complexity index is 170. The third-order valence-electron chi connectivity index (χ3n) is 2.84. The summed E-state index contributed by atoms with van der Waals surface area (Å²) in [6.45, 7) is 5.07. The maximum atomic E-state index is 5.87. The zero-order valence-electron chi connectivity index (χ0n) is 10.1. The van der Waals surface area contributed by atoms with Gasteiger partial charge in [-0.1, -0.05) is 13.3 Å². The normalized spacial score (nSPS) is 18.6. The van der Waals surface area contributed by atoms with Crippen molar-refractivity contribution in [3.8, 4) is 0 Å². The fourth-order valence-corrected chi connectivity index (χ4v) is 3.83. The van der Waals surface area contributed by atoms with E-state index in [4.69, 9.17) is 13.3 Å². The zero-order valence-corrected chi connectivity index (χ0v) is 11.1. The lowest BCUT2D eigenvalue weighted by atomic mass is 10.4. The van der Waals surface area contributed by atoms with E-state index in [2.05, 4.69) is 11.8 Å². The molecule has 0 aromatic rings. The van der Waals surface area contributed by atoms with Gasteiger partial charge in [0.05, 0.1) is 6.73 Å². The van der Waals surface area contributed by atoms with Crippen LogP contribution in [0.4, 0.5) is 0 Å². The predicted octanol–water partition coefficient (Wildman–Crippen LogP) is 1.70. The minimum atomic E-state index is -2.35. The first-order valence-corrected chi connectivity index (χ1v) is 7.66. The molecule has 1 aliphatic rings. The summed E-state index contributed by atoms with van der Waals surface area (Å²) in [4.78, 5) is 2.31. The van der Waals surface area contributed by atoms with E-state index in [-0.39, 0.29) is 0 Å². The van der Waals surface area contributed by atoms with E-state index in [9.17, 15) is 0 Å². The highest BCUT2D eigenvalue weighted by Crippen LogP contribution is 2.17. The third-order valence-corrected chi connectivity index (χ3v) is 5.77. The van der Waals surface area contributed by atoms with Gasteiger partial charge in [0.2, 0.25) is 0 Å². The first-order valence-electron chi connectivity index (χ1n) is 5.73. The summed E-state index contributed by atoms with van der Waals surface area (Å²) in [5.41, 5.74) is 0. The predicted molar refractivity (Wildman–Crippen MR) is 61.6 cm³/mol. The van der Waals surface area contributed by atoms with Crippen molar-refractivity contribution in [3.63, 3.8) is 0 Å². The lowest BCUT2D eigenvalue weighted by Crippen LogP contribution is -2.46. The van der Waals surface area contributed by atoms with Gasteiger partial charge >= 0.3 is 8.80 Å². The number of nitrogens with zero attached hydrogens (tertiary/aromatic N) is 1. The zero-order chi connectivity index (χ0) is 11.1. The van der Waals surface area contributed by atoms with Gasteiger partial charge < -0.3 is 13.3 Å². The molecule has 1 heterocycles. The van der Waals surface area contributed by atoms with E-state index in [0.717, 1.165) is 25.6 Å². The summed E-state index contributed by atoms with van der Waals surface area (Å²) >= 11 is 0. The molecule has 5 heteroatoms. The molecule has 0 spiro atoms. The average molecular weight is 233 g/mol. The second kappa shape index (κ2) is 6.60. The second-order valence-electron chi connectivity index (χ2n) is 3.94. The summed E-state index contributed by atoms with van der Waals surface area (Å²) in [5.74, 6) is 0. The van der Waals surface area contributed by atoms with Crippen molar-refractivity contribution in [1.82, 2.24) is 4.90 Å². The second-order valence-corrected chi connectivity index (χ2v) is 6.91. The number of hydrogen-bond donors (Lipinski definition) is 0. The third kappa shape index (κ3) is 3.84. The standard InChI is InChI=1S/C10H23NO3Si/c1-4-9-15(12-2,13-3)14-10-11-7-5-6-8-11/h4-10H2,1-3H3. The molecule has 0 amide bonds. The first kappa shape index (κ1) is 13.1. The van der Waals surface area contributed by atoms with E-state index in [1.165, 1.54) is 12.8 Å². The summed E-state index contributed by atoms with van der Waals surface area (Å²) < 4.78 is 16.8. The molecule has 15 heavy (non-hydrogen) atoms. The molecule has 1 fully saturated rings. The molecule has 0 bridgehead atoms. The van der Waals surface area contributed by atoms with Crippen LogP contribution in [-0.4, -0.2) is 47.7 Å². The Morgan fingerprint density at radius 2 is 1.73 bits per heavy atom. The Labute approximate surface area is 93.9 Å². The molecule has 0 radical (unpaired) electrons. The smallest absolute Gasteiger partial charge is 0.377 e. The van der Waals surface area contributed by atoms with Crippen LogP contribution in [0.2, 0.25) is 6.04 Å². The molecular weight excluding hydrogens is 210 g/mol. The lowest BCUT2D eigenvalue weighted by Gasteiger charge is -2.28. The molecule has 0 atom stereocenters. The first-order chi connectivity index (χ1) is 7.26. The van der Waals surface area contributed by atoms with E-state index in [0.29, 0.717) is 6.73 Å². The van der Waals surface area contributed by atoms with Crippen LogP contribution >= 0.6 is 0 Å². The number of hydrogen-bond acceptors (Lipinski definition) is 4. The van der Waals surface area contributed by atoms with Crippen LogP contribution in [-0.2, 0) is 13.3 Å². The number of likely N-dealkylation sites (tertiary alicyclic amines) is 1. The molecule has 4 nitrogen and oxygen atoms in total. The van der Waals surface area contributed by atoms with E-state index in [1.807, 2.05) is 0 Å². The molecule has 0 saturated carbocycles. The van der Waals surface area contributed by atoms with Crippen LogP contribution in [0.1, 0.15) is 26.2 Å². The SMILES string of the molecule is CCC[Si](OC)(OC)OCN1CCCC1. The minimum Gasteiger partial charge on any atom is -0.377 e. The largest absolute Gasteiger partial charge is 0.501 e. The Balaban J connectivity index is 2.35. The molecular formula is C10H23NO3Si. The lowest BCUT2D eigenvalue weighted by molar-refractivity contribution is 0.0466. The van der Waals surface area contributed by atoms with Crippen LogP contribution in [0, 0.1) is 0 Å². The van der Waals surface area contributed by atoms with Gasteiger partial charge in [0, 0.05) is 33.4 Å². The van der Waals surface area contributed by atoms with Crippen LogP contribution in [0.15, 0.2) is 0 Å². The van der Waals surface area contributed by atoms with E-state index >= 15 is 0 Å². The quantitative estimate of drug-likeness (QED) is 0.626. The van der Waals surface area contributed by atoms with Gasteiger partial charge in [-0.2, -0.15) is 0 Å². The van der Waals surface area contributed by atoms with Crippen LogP contribution in [0.25, 0.3) is 0 Å². The highest BCUT2D eigenvalue weighted by molar-refractivity contribution is 6.60. The molecule has 0 unspecified atom stereocenters. The average Bonchev–Trinajstić information content (AvgIpc) is 2.77. The Morgan fingerprint density at radius 3 is 2.20 bits per heavy atom. The summed E-state index contributed by atoms with van der Waals surface area (Å²) in [6, 6.07) is 0.897. The van der Waals surface area contributed by atoms with Gasteiger partial charge in [0.1, 0.15) is 0 Å². The summed E-state index contributed by atoms with van der Waals surface area (Å²) in [6.07, 6.45) is 3.60. The van der Waals surface area contributed by atoms with Gasteiger partial charge in [-0.15, -0.1) is 0 Å². The van der Waals surface area contributed by atoms with Crippen LogP contribution in [0.3, 0.4) is 0 Å². The highest BCUT2D eigenvalue weighted by atomic mass is 28.4. The Kier molecular flexibility index (Phi) is 5.77. The van der Waals surface area contributed by atoms with E-state index < -0.39 is 8.80 Å². The maximum absolute atomic E-state index is 5.87. The van der Waals surface area contributed by atoms with Crippen molar-refractivity contribution in [2.24, 2.45) is 0 Å². The molecule has 1 rings (SSSR count). The van der Waals surface area contributed by atoms with Gasteiger partial charge in [-0.3, -0.25) is 4.90 Å². The van der Waals surface area contributed by atoms with Crippen molar-refractivity contribution in [1.29, 1.82) is 0 Å². The van der Waals surface area contributed by atoms with Crippen molar-refractivity contribution in [2.45, 2.75) is 32.2 Å². The van der Waals surface area contributed by atoms with Crippen molar-refractivity contribution < 1.29 is 13.3 Å². The Hall–Kier alpha value is 0.0569. The molecule has 1 saturated heterocycles. The molecule has 0 aliphatic carbocycles. The van der Waals surface area contributed by atoms with Gasteiger partial charge in [0.25, 0.3) is 0 Å². The Morgan fingerprint density at radius 1 is 1.13 bits per heavy atom. The molecule has 0 aromatic carbocycles. The number of rotatable bonds is 7. The molecule has 1 aliphatic heterocycles. The minimum absolute atomic E-state index is 0.661. The maximum Gasteiger partial charge on any atom is 0.501 e. The summed E-state index contributed by atoms with van der Waals surface area (Å²) in [5, 5.41) is 0. The van der Waals surface area contributed by atoms with Crippen molar-refractivity contribution in [3.05, 3.63) is 0 Å². The highest BCUT2D eigenvalue weighted by Gasteiger charge is 2.38. The van der Waals surface area contributed by atoms with Crippen LogP contribution < -0.4 is 0 Å². The fraction of sp³-hybridized carbons (Fsp3) is 1.00. The van der Waals surface area contributed by atoms with Crippen LogP contribution in [0.5, 0.6) is 0 Å². The van der Waals surface area contributed by atoms with Crippen molar-refractivity contribution in [2.75, 3.05) is 34.0 Å². The monoisotopic (exact) mass is 233 g/mol. The molecule has 90 valence electrons. The van der Waals surface area contributed by atoms with E-state index in [1.54, 1.807) is 14.2 Å². The van der Waals surface area contributed by atoms with Gasteiger partial charge in [-0.25, -0.2) is 0 Å². The topological polar surface area (TPSA) is 30.9 Å². The summed E-state index contributed by atoms with van der Waals surface area (Å²) in [7, 11) is 1.03. The van der Waals surface area contributed by atoms with Crippen molar-refractivity contribution >= 4 is 8.80 Å².